The fourth-order valence-electron chi connectivity index (χ4n) is 1.34. The van der Waals surface area contributed by atoms with Crippen molar-refractivity contribution >= 4 is 22.6 Å². The van der Waals surface area contributed by atoms with Crippen LogP contribution in [-0.4, -0.2) is 11.1 Å². The van der Waals surface area contributed by atoms with Gasteiger partial charge in [0.05, 0.1) is 17.3 Å². The zero-order valence-corrected chi connectivity index (χ0v) is 7.52. The van der Waals surface area contributed by atoms with Gasteiger partial charge in [-0.15, -0.1) is 0 Å². The van der Waals surface area contributed by atoms with Crippen LogP contribution in [0.5, 0.6) is 0 Å². The molecule has 74 valence electrons. The Morgan fingerprint density at radius 2 is 2.27 bits per heavy atom. The Balaban J connectivity index is 2.77. The second-order valence-corrected chi connectivity index (χ2v) is 2.97. The molecule has 0 fully saturated rings. The number of aromatic carboxylic acids is 1. The van der Waals surface area contributed by atoms with Crippen molar-refractivity contribution in [1.82, 2.24) is 0 Å². The van der Waals surface area contributed by atoms with Crippen molar-refractivity contribution in [3.05, 3.63) is 29.5 Å². The number of nitrogens with zero attached hydrogens (tertiary/aromatic N) is 1. The van der Waals surface area contributed by atoms with Crippen LogP contribution in [0.1, 0.15) is 16.1 Å². The van der Waals surface area contributed by atoms with Gasteiger partial charge >= 0.3 is 5.97 Å². The van der Waals surface area contributed by atoms with E-state index >= 15 is 0 Å². The van der Waals surface area contributed by atoms with Gasteiger partial charge in [0.25, 0.3) is 0 Å². The summed E-state index contributed by atoms with van der Waals surface area (Å²) in [5.74, 6) is -1.51. The lowest BCUT2D eigenvalue weighted by molar-refractivity contribution is 0.0666. The molecule has 15 heavy (non-hydrogen) atoms. The minimum atomic E-state index is -1.22. The molecule has 0 saturated heterocycles. The molecule has 2 aromatic rings. The highest BCUT2D eigenvalue weighted by molar-refractivity contribution is 6.02. The van der Waals surface area contributed by atoms with Crippen LogP contribution in [0.15, 0.2) is 22.6 Å². The smallest absolute Gasteiger partial charge is 0.374 e. The predicted molar refractivity (Wildman–Crippen MR) is 52.3 cm³/mol. The van der Waals surface area contributed by atoms with E-state index in [2.05, 4.69) is 0 Å². The molecule has 5 nitrogen and oxygen atoms in total. The van der Waals surface area contributed by atoms with Gasteiger partial charge in [0.1, 0.15) is 5.58 Å². The van der Waals surface area contributed by atoms with E-state index in [1.165, 1.54) is 6.07 Å². The molecule has 0 bridgehead atoms. The summed E-state index contributed by atoms with van der Waals surface area (Å²) in [6, 6.07) is 6.51. The second kappa shape index (κ2) is 3.03. The van der Waals surface area contributed by atoms with Crippen molar-refractivity contribution in [2.24, 2.45) is 0 Å². The number of carboxylic acid groups (broad SMARTS) is 1. The Morgan fingerprint density at radius 1 is 1.53 bits per heavy atom. The first-order valence-corrected chi connectivity index (χ1v) is 4.09. The number of nitrogen functional groups attached to an aromatic ring is 1. The Hall–Kier alpha value is -2.48. The monoisotopic (exact) mass is 202 g/mol. The molecule has 0 spiro atoms. The summed E-state index contributed by atoms with van der Waals surface area (Å²) in [5.41, 5.74) is 6.36. The molecule has 0 aliphatic carbocycles. The summed E-state index contributed by atoms with van der Waals surface area (Å²) in [6.07, 6.45) is 0. The molecule has 0 unspecified atom stereocenters. The van der Waals surface area contributed by atoms with Crippen molar-refractivity contribution in [3.63, 3.8) is 0 Å². The van der Waals surface area contributed by atoms with Gasteiger partial charge < -0.3 is 15.3 Å². The minimum absolute atomic E-state index is 0.0852. The van der Waals surface area contributed by atoms with Crippen LogP contribution in [0.4, 0.5) is 5.69 Å². The molecular formula is C10H6N2O3. The Morgan fingerprint density at radius 3 is 2.87 bits per heavy atom. The standard InChI is InChI=1S/C10H6N2O3/c11-4-5-1-2-6-7(3-5)15-9(8(6)12)10(13)14/h1-3H,12H2,(H,13,14). The first kappa shape index (κ1) is 9.09. The SMILES string of the molecule is N#Cc1ccc2c(N)c(C(=O)O)oc2c1. The number of carboxylic acids is 1. The molecule has 5 heteroatoms. The average molecular weight is 202 g/mol. The first-order chi connectivity index (χ1) is 7.13. The third-order valence-electron chi connectivity index (χ3n) is 2.05. The van der Waals surface area contributed by atoms with E-state index in [0.29, 0.717) is 16.5 Å². The molecular weight excluding hydrogens is 196 g/mol. The van der Waals surface area contributed by atoms with E-state index < -0.39 is 5.97 Å². The number of benzene rings is 1. The number of rotatable bonds is 1. The topological polar surface area (TPSA) is 100 Å². The van der Waals surface area contributed by atoms with Crippen LogP contribution >= 0.6 is 0 Å². The van der Waals surface area contributed by atoms with Crippen LogP contribution in [0, 0.1) is 11.3 Å². The highest BCUT2D eigenvalue weighted by atomic mass is 16.4. The molecule has 2 rings (SSSR count). The predicted octanol–water partition coefficient (Wildman–Crippen LogP) is 1.58. The van der Waals surface area contributed by atoms with Crippen molar-refractivity contribution in [2.75, 3.05) is 5.73 Å². The van der Waals surface area contributed by atoms with Gasteiger partial charge in [-0.05, 0) is 18.2 Å². The Bertz CT molecular complexity index is 592. The summed E-state index contributed by atoms with van der Waals surface area (Å²) < 4.78 is 5.03. The number of anilines is 1. The number of carbonyl (C=O) groups is 1. The molecule has 3 N–H and O–H groups in total. The quantitative estimate of drug-likeness (QED) is 0.731. The van der Waals surface area contributed by atoms with Crippen LogP contribution in [0.25, 0.3) is 11.0 Å². The highest BCUT2D eigenvalue weighted by Gasteiger charge is 2.17. The number of hydrogen-bond acceptors (Lipinski definition) is 4. The highest BCUT2D eigenvalue weighted by Crippen LogP contribution is 2.28. The lowest BCUT2D eigenvalue weighted by Gasteiger charge is -1.89. The van der Waals surface area contributed by atoms with E-state index in [9.17, 15) is 4.79 Å². The fraction of sp³-hybridized carbons (Fsp3) is 0. The van der Waals surface area contributed by atoms with Gasteiger partial charge in [0.2, 0.25) is 5.76 Å². The molecule has 1 aromatic heterocycles. The summed E-state index contributed by atoms with van der Waals surface area (Å²) in [6.45, 7) is 0. The molecule has 0 amide bonds. The van der Waals surface area contributed by atoms with Crippen LogP contribution < -0.4 is 5.73 Å². The second-order valence-electron chi connectivity index (χ2n) is 2.97. The molecule has 0 aliphatic rings. The van der Waals surface area contributed by atoms with Crippen LogP contribution in [0.2, 0.25) is 0 Å². The number of furan rings is 1. The fourth-order valence-corrected chi connectivity index (χ4v) is 1.34. The molecule has 0 atom stereocenters. The van der Waals surface area contributed by atoms with Crippen molar-refractivity contribution < 1.29 is 14.3 Å². The Labute approximate surface area is 84.3 Å². The van der Waals surface area contributed by atoms with Crippen molar-refractivity contribution in [1.29, 1.82) is 5.26 Å². The molecule has 0 saturated carbocycles. The van der Waals surface area contributed by atoms with E-state index in [1.807, 2.05) is 6.07 Å². The normalized spacial score (nSPS) is 10.1. The number of nitriles is 1. The van der Waals surface area contributed by atoms with E-state index in [0.717, 1.165) is 0 Å². The van der Waals surface area contributed by atoms with Gasteiger partial charge in [-0.1, -0.05) is 0 Å². The largest absolute Gasteiger partial charge is 0.475 e. The summed E-state index contributed by atoms with van der Waals surface area (Å²) in [4.78, 5) is 10.7. The zero-order chi connectivity index (χ0) is 11.0. The minimum Gasteiger partial charge on any atom is -0.475 e. The maximum atomic E-state index is 10.7. The van der Waals surface area contributed by atoms with Crippen molar-refractivity contribution in [3.8, 4) is 6.07 Å². The zero-order valence-electron chi connectivity index (χ0n) is 7.52. The number of fused-ring (bicyclic) bond motifs is 1. The number of hydrogen-bond donors (Lipinski definition) is 2. The Kier molecular flexibility index (Phi) is 1.83. The third kappa shape index (κ3) is 1.28. The molecule has 0 aliphatic heterocycles. The van der Waals surface area contributed by atoms with Gasteiger partial charge in [-0.2, -0.15) is 5.26 Å². The maximum Gasteiger partial charge on any atom is 0.374 e. The average Bonchev–Trinajstić information content (AvgIpc) is 2.55. The molecule has 1 aromatic carbocycles. The third-order valence-corrected chi connectivity index (χ3v) is 2.05. The molecule has 1 heterocycles. The van der Waals surface area contributed by atoms with E-state index in [4.69, 9.17) is 20.5 Å². The summed E-state index contributed by atoms with van der Waals surface area (Å²) in [7, 11) is 0. The molecule has 0 radical (unpaired) electrons. The lowest BCUT2D eigenvalue weighted by Crippen LogP contribution is -1.98. The van der Waals surface area contributed by atoms with Crippen LogP contribution in [-0.2, 0) is 0 Å². The van der Waals surface area contributed by atoms with Gasteiger partial charge in [-0.25, -0.2) is 4.79 Å². The van der Waals surface area contributed by atoms with Gasteiger partial charge in [-0.3, -0.25) is 0 Å². The maximum absolute atomic E-state index is 10.7. The van der Waals surface area contributed by atoms with Gasteiger partial charge in [0, 0.05) is 5.39 Å². The summed E-state index contributed by atoms with van der Waals surface area (Å²) >= 11 is 0. The number of nitrogens with two attached hydrogens (primary N) is 1. The van der Waals surface area contributed by atoms with Crippen LogP contribution in [0.3, 0.4) is 0 Å². The van der Waals surface area contributed by atoms with Crippen molar-refractivity contribution in [2.45, 2.75) is 0 Å². The van der Waals surface area contributed by atoms with E-state index in [-0.39, 0.29) is 11.4 Å². The summed E-state index contributed by atoms with van der Waals surface area (Å²) in [5, 5.41) is 17.9. The van der Waals surface area contributed by atoms with Gasteiger partial charge in [0.15, 0.2) is 0 Å². The lowest BCUT2D eigenvalue weighted by atomic mass is 10.1. The first-order valence-electron chi connectivity index (χ1n) is 4.09. The van der Waals surface area contributed by atoms with E-state index in [1.54, 1.807) is 12.1 Å².